The Bertz CT molecular complexity index is 1180. The zero-order valence-electron chi connectivity index (χ0n) is 17.0. The highest BCUT2D eigenvalue weighted by atomic mass is 16.5. The molecule has 0 saturated heterocycles. The number of ether oxygens (including phenoxy) is 1. The van der Waals surface area contributed by atoms with Crippen LogP contribution in [0.2, 0.25) is 0 Å². The van der Waals surface area contributed by atoms with Gasteiger partial charge in [0.1, 0.15) is 5.75 Å². The van der Waals surface area contributed by atoms with Crippen LogP contribution in [0.3, 0.4) is 0 Å². The molecule has 0 spiro atoms. The minimum atomic E-state index is -0.0265. The van der Waals surface area contributed by atoms with Crippen LogP contribution in [0.25, 0.3) is 21.7 Å². The van der Waals surface area contributed by atoms with Crippen molar-refractivity contribution in [2.45, 2.75) is 33.2 Å². The fraction of sp³-hybridized carbons (Fsp3) is 0.280. The Morgan fingerprint density at radius 3 is 2.62 bits per heavy atom. The van der Waals surface area contributed by atoms with Gasteiger partial charge in [0.15, 0.2) is 0 Å². The third-order valence-corrected chi connectivity index (χ3v) is 5.22. The summed E-state index contributed by atoms with van der Waals surface area (Å²) < 4.78 is 7.82. The third kappa shape index (κ3) is 4.16. The summed E-state index contributed by atoms with van der Waals surface area (Å²) in [6.07, 6.45) is 5.56. The normalized spacial score (nSPS) is 11.4. The Morgan fingerprint density at radius 1 is 1.00 bits per heavy atom. The van der Waals surface area contributed by atoms with E-state index in [1.807, 2.05) is 53.1 Å². The highest BCUT2D eigenvalue weighted by molar-refractivity contribution is 6.05. The Balaban J connectivity index is 1.79. The Kier molecular flexibility index (Phi) is 5.61. The van der Waals surface area contributed by atoms with Crippen LogP contribution in [0.15, 0.2) is 71.8 Å². The summed E-state index contributed by atoms with van der Waals surface area (Å²) in [5.41, 5.74) is 1.95. The highest BCUT2D eigenvalue weighted by Gasteiger charge is 2.12. The summed E-state index contributed by atoms with van der Waals surface area (Å²) in [4.78, 5) is 17.4. The highest BCUT2D eigenvalue weighted by Crippen LogP contribution is 2.27. The van der Waals surface area contributed by atoms with E-state index in [0.29, 0.717) is 24.5 Å². The molecule has 0 fully saturated rings. The van der Waals surface area contributed by atoms with Crippen LogP contribution < -0.4 is 10.3 Å². The van der Waals surface area contributed by atoms with Crippen LogP contribution in [0.1, 0.15) is 32.3 Å². The van der Waals surface area contributed by atoms with Gasteiger partial charge in [-0.3, -0.25) is 9.78 Å². The lowest BCUT2D eigenvalue weighted by molar-refractivity contribution is 0.298. The lowest BCUT2D eigenvalue weighted by atomic mass is 10.1. The van der Waals surface area contributed by atoms with E-state index in [-0.39, 0.29) is 5.56 Å². The zero-order valence-corrected chi connectivity index (χ0v) is 17.0. The van der Waals surface area contributed by atoms with Gasteiger partial charge in [-0.2, -0.15) is 0 Å². The Labute approximate surface area is 170 Å². The van der Waals surface area contributed by atoms with E-state index >= 15 is 0 Å². The van der Waals surface area contributed by atoms with Gasteiger partial charge in [0, 0.05) is 23.8 Å². The average molecular weight is 386 g/mol. The first-order valence-electron chi connectivity index (χ1n) is 10.2. The Morgan fingerprint density at radius 2 is 1.83 bits per heavy atom. The number of fused-ring (bicyclic) bond motifs is 3. The molecule has 0 aliphatic rings. The molecule has 2 aromatic heterocycles. The monoisotopic (exact) mass is 386 g/mol. The smallest absolute Gasteiger partial charge is 0.260 e. The van der Waals surface area contributed by atoms with Gasteiger partial charge < -0.3 is 9.30 Å². The van der Waals surface area contributed by atoms with E-state index in [4.69, 9.17) is 4.74 Å². The van der Waals surface area contributed by atoms with Crippen molar-refractivity contribution in [3.8, 4) is 5.75 Å². The van der Waals surface area contributed by atoms with E-state index in [2.05, 4.69) is 24.9 Å². The molecule has 0 atom stereocenters. The molecule has 0 radical (unpaired) electrons. The number of benzene rings is 2. The molecular formula is C25H26N2O2. The molecule has 4 nitrogen and oxygen atoms in total. The molecule has 29 heavy (non-hydrogen) atoms. The molecule has 4 aromatic rings. The molecule has 148 valence electrons. The molecule has 0 unspecified atom stereocenters. The van der Waals surface area contributed by atoms with Crippen LogP contribution in [0, 0.1) is 5.92 Å². The molecule has 0 saturated carbocycles. The van der Waals surface area contributed by atoms with Crippen molar-refractivity contribution in [2.75, 3.05) is 6.61 Å². The van der Waals surface area contributed by atoms with E-state index in [1.54, 1.807) is 12.4 Å². The van der Waals surface area contributed by atoms with Gasteiger partial charge >= 0.3 is 0 Å². The molecule has 0 aliphatic carbocycles. The molecule has 0 N–H and O–H groups in total. The van der Waals surface area contributed by atoms with Gasteiger partial charge in [-0.1, -0.05) is 44.2 Å². The number of nitrogens with zero attached hydrogens (tertiary/aromatic N) is 2. The van der Waals surface area contributed by atoms with Crippen molar-refractivity contribution < 1.29 is 4.74 Å². The summed E-state index contributed by atoms with van der Waals surface area (Å²) in [6, 6.07) is 18.0. The van der Waals surface area contributed by atoms with Gasteiger partial charge in [-0.05, 0) is 47.9 Å². The molecule has 0 aliphatic heterocycles. The molecule has 4 rings (SSSR count). The second kappa shape index (κ2) is 8.48. The maximum atomic E-state index is 13.3. The second-order valence-electron chi connectivity index (χ2n) is 7.86. The van der Waals surface area contributed by atoms with Crippen LogP contribution in [0.5, 0.6) is 5.75 Å². The third-order valence-electron chi connectivity index (χ3n) is 5.22. The number of rotatable bonds is 7. The predicted molar refractivity (Wildman–Crippen MR) is 119 cm³/mol. The number of hydrogen-bond donors (Lipinski definition) is 0. The van der Waals surface area contributed by atoms with Gasteiger partial charge in [0.2, 0.25) is 0 Å². The van der Waals surface area contributed by atoms with E-state index in [0.717, 1.165) is 40.4 Å². The second-order valence-corrected chi connectivity index (χ2v) is 7.86. The van der Waals surface area contributed by atoms with Crippen molar-refractivity contribution in [3.63, 3.8) is 0 Å². The first-order valence-corrected chi connectivity index (χ1v) is 10.2. The standard InChI is InChI=1S/C25H26N2O2/c1-18(2)7-6-14-29-20-10-11-22-21-12-13-26-16-23(21)25(28)27(24(22)15-20)17-19-8-4-3-5-9-19/h3-5,8-13,15-16,18H,6-7,14,17H2,1-2H3. The number of pyridine rings is 2. The summed E-state index contributed by atoms with van der Waals surface area (Å²) in [5.74, 6) is 1.47. The summed E-state index contributed by atoms with van der Waals surface area (Å²) in [7, 11) is 0. The molecular weight excluding hydrogens is 360 g/mol. The lowest BCUT2D eigenvalue weighted by Crippen LogP contribution is -2.21. The minimum Gasteiger partial charge on any atom is -0.494 e. The van der Waals surface area contributed by atoms with Crippen molar-refractivity contribution in [2.24, 2.45) is 5.92 Å². The SMILES string of the molecule is CC(C)CCCOc1ccc2c3ccncc3c(=O)n(Cc3ccccc3)c2c1. The molecule has 4 heteroatoms. The minimum absolute atomic E-state index is 0.0265. The van der Waals surface area contributed by atoms with Crippen LogP contribution in [-0.2, 0) is 6.54 Å². The topological polar surface area (TPSA) is 44.1 Å². The van der Waals surface area contributed by atoms with Gasteiger partial charge in [0.25, 0.3) is 5.56 Å². The quantitative estimate of drug-likeness (QED) is 0.315. The van der Waals surface area contributed by atoms with E-state index in [1.165, 1.54) is 0 Å². The van der Waals surface area contributed by atoms with Crippen molar-refractivity contribution in [3.05, 3.63) is 82.9 Å². The van der Waals surface area contributed by atoms with Gasteiger partial charge in [0.05, 0.1) is 24.1 Å². The van der Waals surface area contributed by atoms with Gasteiger partial charge in [-0.25, -0.2) is 0 Å². The first kappa shape index (κ1) is 19.2. The van der Waals surface area contributed by atoms with Crippen molar-refractivity contribution in [1.82, 2.24) is 9.55 Å². The first-order chi connectivity index (χ1) is 14.1. The largest absolute Gasteiger partial charge is 0.494 e. The summed E-state index contributed by atoms with van der Waals surface area (Å²) in [5, 5.41) is 2.60. The van der Waals surface area contributed by atoms with Crippen molar-refractivity contribution in [1.29, 1.82) is 0 Å². The number of hydrogen-bond acceptors (Lipinski definition) is 3. The van der Waals surface area contributed by atoms with Crippen LogP contribution in [0.4, 0.5) is 0 Å². The summed E-state index contributed by atoms with van der Waals surface area (Å²) in [6.45, 7) is 5.64. The van der Waals surface area contributed by atoms with Crippen LogP contribution >= 0.6 is 0 Å². The van der Waals surface area contributed by atoms with Crippen molar-refractivity contribution >= 4 is 21.7 Å². The summed E-state index contributed by atoms with van der Waals surface area (Å²) >= 11 is 0. The Hall–Kier alpha value is -3.14. The van der Waals surface area contributed by atoms with E-state index < -0.39 is 0 Å². The lowest BCUT2D eigenvalue weighted by Gasteiger charge is -2.15. The zero-order chi connectivity index (χ0) is 20.2. The molecule has 0 bridgehead atoms. The molecule has 2 aromatic carbocycles. The average Bonchev–Trinajstić information content (AvgIpc) is 2.75. The molecule has 2 heterocycles. The number of aromatic nitrogens is 2. The van der Waals surface area contributed by atoms with Crippen LogP contribution in [-0.4, -0.2) is 16.2 Å². The fourth-order valence-corrected chi connectivity index (χ4v) is 3.71. The van der Waals surface area contributed by atoms with E-state index in [9.17, 15) is 4.79 Å². The maximum Gasteiger partial charge on any atom is 0.260 e. The predicted octanol–water partition coefficient (Wildman–Crippen LogP) is 5.41. The fourth-order valence-electron chi connectivity index (χ4n) is 3.71. The maximum absolute atomic E-state index is 13.3. The molecule has 0 amide bonds. The van der Waals surface area contributed by atoms with Gasteiger partial charge in [-0.15, -0.1) is 0 Å².